The van der Waals surface area contributed by atoms with Crippen molar-refractivity contribution in [3.05, 3.63) is 53.1 Å². The van der Waals surface area contributed by atoms with Crippen LogP contribution >= 0.6 is 0 Å². The number of hydrogen-bond acceptors (Lipinski definition) is 4. The molecule has 0 aromatic heterocycles. The van der Waals surface area contributed by atoms with Crippen LogP contribution < -0.4 is 14.8 Å². The van der Waals surface area contributed by atoms with Crippen LogP contribution in [0, 0.1) is 13.8 Å². The Kier molecular flexibility index (Phi) is 5.11. The average Bonchev–Trinajstić information content (AvgIpc) is 3.04. The molecule has 6 nitrogen and oxygen atoms in total. The Morgan fingerprint density at radius 1 is 1.08 bits per heavy atom. The number of anilines is 1. The normalized spacial score (nSPS) is 12.0. The molecule has 2 aromatic carbocycles. The molecule has 0 aliphatic carbocycles. The van der Waals surface area contributed by atoms with Gasteiger partial charge in [0.1, 0.15) is 6.54 Å². The molecule has 0 fully saturated rings. The maximum absolute atomic E-state index is 12.4. The van der Waals surface area contributed by atoms with Crippen LogP contribution in [0.5, 0.6) is 11.5 Å². The minimum Gasteiger partial charge on any atom is -0.454 e. The van der Waals surface area contributed by atoms with Crippen LogP contribution in [0.2, 0.25) is 0 Å². The molecule has 6 heteroatoms. The zero-order chi connectivity index (χ0) is 18.7. The van der Waals surface area contributed by atoms with Crippen LogP contribution in [0.25, 0.3) is 0 Å². The van der Waals surface area contributed by atoms with E-state index in [9.17, 15) is 9.59 Å². The van der Waals surface area contributed by atoms with E-state index in [0.717, 1.165) is 22.4 Å². The molecule has 1 heterocycles. The van der Waals surface area contributed by atoms with Gasteiger partial charge >= 0.3 is 0 Å². The second-order valence-corrected chi connectivity index (χ2v) is 6.43. The molecule has 0 radical (unpaired) electrons. The Bertz CT molecular complexity index is 848. The summed E-state index contributed by atoms with van der Waals surface area (Å²) in [6, 6.07) is 11.3. The highest BCUT2D eigenvalue weighted by atomic mass is 16.7. The summed E-state index contributed by atoms with van der Waals surface area (Å²) < 4.78 is 10.6. The molecule has 0 saturated carbocycles. The van der Waals surface area contributed by atoms with Crippen molar-refractivity contribution in [1.82, 2.24) is 4.90 Å². The molecule has 2 aromatic rings. The molecule has 1 N–H and O–H groups in total. The molecule has 2 amide bonds. The van der Waals surface area contributed by atoms with Crippen LogP contribution in [-0.2, 0) is 16.1 Å². The molecule has 0 spiro atoms. The van der Waals surface area contributed by atoms with E-state index in [4.69, 9.17) is 9.47 Å². The Morgan fingerprint density at radius 3 is 2.58 bits per heavy atom. The molecule has 0 saturated heterocycles. The number of carbonyl (C=O) groups excluding carboxylic acids is 2. The van der Waals surface area contributed by atoms with E-state index in [1.165, 1.54) is 11.8 Å². The molecule has 3 rings (SSSR count). The van der Waals surface area contributed by atoms with Crippen molar-refractivity contribution in [2.45, 2.75) is 27.3 Å². The van der Waals surface area contributed by atoms with E-state index in [1.807, 2.05) is 50.2 Å². The van der Waals surface area contributed by atoms with Crippen LogP contribution in [0.15, 0.2) is 36.4 Å². The number of nitrogens with one attached hydrogen (secondary N) is 1. The van der Waals surface area contributed by atoms with Gasteiger partial charge in [0.2, 0.25) is 18.6 Å². The third-order valence-corrected chi connectivity index (χ3v) is 4.25. The first-order valence-electron chi connectivity index (χ1n) is 8.43. The SMILES string of the molecule is CC(=O)N(CC(=O)Nc1ccc(C)cc1C)Cc1ccc2c(c1)OCO2. The maximum atomic E-state index is 12.4. The van der Waals surface area contributed by atoms with Gasteiger partial charge in [-0.25, -0.2) is 0 Å². The summed E-state index contributed by atoms with van der Waals surface area (Å²) >= 11 is 0. The van der Waals surface area contributed by atoms with Crippen molar-refractivity contribution >= 4 is 17.5 Å². The Balaban J connectivity index is 1.66. The van der Waals surface area contributed by atoms with Gasteiger partial charge in [-0.15, -0.1) is 0 Å². The van der Waals surface area contributed by atoms with Crippen LogP contribution in [-0.4, -0.2) is 30.1 Å². The number of rotatable bonds is 5. The van der Waals surface area contributed by atoms with E-state index in [0.29, 0.717) is 18.0 Å². The predicted octanol–water partition coefficient (Wildman–Crippen LogP) is 3.02. The van der Waals surface area contributed by atoms with Gasteiger partial charge in [0.25, 0.3) is 0 Å². The quantitative estimate of drug-likeness (QED) is 0.896. The molecule has 0 bridgehead atoms. The first kappa shape index (κ1) is 17.8. The molecular formula is C20H22N2O4. The number of amides is 2. The number of aryl methyl sites for hydroxylation is 2. The lowest BCUT2D eigenvalue weighted by Gasteiger charge is -2.21. The van der Waals surface area contributed by atoms with E-state index in [2.05, 4.69) is 5.32 Å². The Hall–Kier alpha value is -3.02. The summed E-state index contributed by atoms with van der Waals surface area (Å²) in [4.78, 5) is 25.9. The van der Waals surface area contributed by atoms with Crippen molar-refractivity contribution in [3.8, 4) is 11.5 Å². The minimum absolute atomic E-state index is 0.0168. The fraction of sp³-hybridized carbons (Fsp3) is 0.300. The first-order chi connectivity index (χ1) is 12.4. The Morgan fingerprint density at radius 2 is 1.85 bits per heavy atom. The van der Waals surface area contributed by atoms with Gasteiger partial charge in [0.15, 0.2) is 11.5 Å². The van der Waals surface area contributed by atoms with Crippen molar-refractivity contribution in [2.24, 2.45) is 0 Å². The van der Waals surface area contributed by atoms with E-state index in [-0.39, 0.29) is 25.2 Å². The molecule has 0 atom stereocenters. The van der Waals surface area contributed by atoms with Gasteiger partial charge in [0, 0.05) is 19.2 Å². The summed E-state index contributed by atoms with van der Waals surface area (Å²) in [5, 5.41) is 2.87. The minimum atomic E-state index is -0.229. The molecule has 26 heavy (non-hydrogen) atoms. The van der Waals surface area contributed by atoms with Gasteiger partial charge in [-0.3, -0.25) is 9.59 Å². The standard InChI is InChI=1S/C20H22N2O4/c1-13-4-6-17(14(2)8-13)21-20(24)11-22(15(3)23)10-16-5-7-18-19(9-16)26-12-25-18/h4-9H,10-12H2,1-3H3,(H,21,24). The van der Waals surface area contributed by atoms with Gasteiger partial charge in [-0.05, 0) is 43.2 Å². The molecule has 0 unspecified atom stereocenters. The van der Waals surface area contributed by atoms with Crippen molar-refractivity contribution < 1.29 is 19.1 Å². The van der Waals surface area contributed by atoms with Gasteiger partial charge in [-0.2, -0.15) is 0 Å². The number of fused-ring (bicyclic) bond motifs is 1. The smallest absolute Gasteiger partial charge is 0.244 e. The van der Waals surface area contributed by atoms with Crippen LogP contribution in [0.4, 0.5) is 5.69 Å². The lowest BCUT2D eigenvalue weighted by Crippen LogP contribution is -2.36. The zero-order valence-corrected chi connectivity index (χ0v) is 15.2. The summed E-state index contributed by atoms with van der Waals surface area (Å²) in [7, 11) is 0. The van der Waals surface area contributed by atoms with Crippen molar-refractivity contribution in [3.63, 3.8) is 0 Å². The average molecular weight is 354 g/mol. The number of hydrogen-bond donors (Lipinski definition) is 1. The van der Waals surface area contributed by atoms with Gasteiger partial charge in [0.05, 0.1) is 0 Å². The lowest BCUT2D eigenvalue weighted by atomic mass is 10.1. The highest BCUT2D eigenvalue weighted by Crippen LogP contribution is 2.32. The number of benzene rings is 2. The monoisotopic (exact) mass is 354 g/mol. The summed E-state index contributed by atoms with van der Waals surface area (Å²) in [6.07, 6.45) is 0. The molecule has 1 aliphatic heterocycles. The number of carbonyl (C=O) groups is 2. The number of ether oxygens (including phenoxy) is 2. The molecule has 1 aliphatic rings. The third-order valence-electron chi connectivity index (χ3n) is 4.25. The largest absolute Gasteiger partial charge is 0.454 e. The van der Waals surface area contributed by atoms with E-state index < -0.39 is 0 Å². The summed E-state index contributed by atoms with van der Waals surface area (Å²) in [5.41, 5.74) is 3.76. The number of nitrogens with zero attached hydrogens (tertiary/aromatic N) is 1. The van der Waals surface area contributed by atoms with Crippen molar-refractivity contribution in [1.29, 1.82) is 0 Å². The second kappa shape index (κ2) is 7.47. The van der Waals surface area contributed by atoms with Crippen molar-refractivity contribution in [2.75, 3.05) is 18.7 Å². The predicted molar refractivity (Wildman–Crippen MR) is 98.2 cm³/mol. The fourth-order valence-corrected chi connectivity index (χ4v) is 2.86. The first-order valence-corrected chi connectivity index (χ1v) is 8.43. The van der Waals surface area contributed by atoms with E-state index in [1.54, 1.807) is 0 Å². The second-order valence-electron chi connectivity index (χ2n) is 6.43. The Labute approximate surface area is 152 Å². The van der Waals surface area contributed by atoms with Gasteiger partial charge < -0.3 is 19.7 Å². The highest BCUT2D eigenvalue weighted by molar-refractivity contribution is 5.94. The topological polar surface area (TPSA) is 67.9 Å². The molecule has 136 valence electrons. The fourth-order valence-electron chi connectivity index (χ4n) is 2.86. The third kappa shape index (κ3) is 4.14. The lowest BCUT2D eigenvalue weighted by molar-refractivity contribution is -0.133. The van der Waals surface area contributed by atoms with Crippen LogP contribution in [0.1, 0.15) is 23.6 Å². The highest BCUT2D eigenvalue weighted by Gasteiger charge is 2.18. The zero-order valence-electron chi connectivity index (χ0n) is 15.2. The maximum Gasteiger partial charge on any atom is 0.244 e. The summed E-state index contributed by atoms with van der Waals surface area (Å²) in [5.74, 6) is 0.952. The molecular weight excluding hydrogens is 332 g/mol. The summed E-state index contributed by atoms with van der Waals surface area (Å²) in [6.45, 7) is 5.91. The van der Waals surface area contributed by atoms with Gasteiger partial charge in [-0.1, -0.05) is 23.8 Å². The van der Waals surface area contributed by atoms with E-state index >= 15 is 0 Å². The van der Waals surface area contributed by atoms with Crippen LogP contribution in [0.3, 0.4) is 0 Å².